The maximum absolute atomic E-state index is 11.4. The van der Waals surface area contributed by atoms with Crippen LogP contribution in [0.15, 0.2) is 36.4 Å². The quantitative estimate of drug-likeness (QED) is 0.615. The second-order valence-corrected chi connectivity index (χ2v) is 5.86. The summed E-state index contributed by atoms with van der Waals surface area (Å²) in [5.41, 5.74) is -0.959. The summed E-state index contributed by atoms with van der Waals surface area (Å²) >= 11 is 0. The Hall–Kier alpha value is -3.96. The topological polar surface area (TPSA) is 148 Å². The summed E-state index contributed by atoms with van der Waals surface area (Å²) in [6.07, 6.45) is -0.666. The average Bonchev–Trinajstić information content (AvgIpc) is 2.86. The summed E-state index contributed by atoms with van der Waals surface area (Å²) in [6, 6.07) is 8.73. The van der Waals surface area contributed by atoms with E-state index in [0.29, 0.717) is 12.1 Å². The molecule has 12 heteroatoms. The zero-order valence-electron chi connectivity index (χ0n) is 14.2. The van der Waals surface area contributed by atoms with Gasteiger partial charge < -0.3 is 15.1 Å². The van der Waals surface area contributed by atoms with Crippen molar-refractivity contribution in [2.75, 3.05) is 29.2 Å². The van der Waals surface area contributed by atoms with Gasteiger partial charge in [-0.3, -0.25) is 30.3 Å². The van der Waals surface area contributed by atoms with E-state index in [1.807, 2.05) is 24.3 Å². The molecule has 0 atom stereocenters. The van der Waals surface area contributed by atoms with Crippen LogP contribution in [0, 0.1) is 30.3 Å². The van der Waals surface area contributed by atoms with Crippen LogP contribution >= 0.6 is 0 Å². The van der Waals surface area contributed by atoms with Crippen LogP contribution in [0.1, 0.15) is 0 Å². The second-order valence-electron chi connectivity index (χ2n) is 5.86. The van der Waals surface area contributed by atoms with E-state index in [1.165, 1.54) is 0 Å². The Morgan fingerprint density at radius 2 is 1.30 bits per heavy atom. The van der Waals surface area contributed by atoms with E-state index < -0.39 is 43.8 Å². The Balaban J connectivity index is 2.11. The molecule has 12 nitrogen and oxygen atoms in total. The largest absolute Gasteiger partial charge is 0.337 e. The molecule has 27 heavy (non-hydrogen) atoms. The highest BCUT2D eigenvalue weighted by atomic mass is 16.6. The number of nitro groups is 3. The fourth-order valence-electron chi connectivity index (χ4n) is 3.05. The molecule has 0 unspecified atom stereocenters. The SMILES string of the molecule is CN1c2ccccc2N(C)C1Nc1c([N+](=O)[O-])cc([N+](=O)[O-])cc1[N+](=O)[O-]. The lowest BCUT2D eigenvalue weighted by atomic mass is 10.2. The minimum Gasteiger partial charge on any atom is -0.337 e. The third-order valence-corrected chi connectivity index (χ3v) is 4.33. The smallest absolute Gasteiger partial charge is 0.306 e. The number of hydrogen-bond donors (Lipinski definition) is 1. The van der Waals surface area contributed by atoms with Crippen molar-refractivity contribution < 1.29 is 14.8 Å². The van der Waals surface area contributed by atoms with Crippen molar-refractivity contribution >= 4 is 34.1 Å². The molecular formula is C15H14N6O6. The van der Waals surface area contributed by atoms with Crippen LogP contribution < -0.4 is 15.1 Å². The Labute approximate surface area is 152 Å². The van der Waals surface area contributed by atoms with E-state index in [2.05, 4.69) is 5.32 Å². The molecule has 0 saturated heterocycles. The molecule has 3 rings (SSSR count). The summed E-state index contributed by atoms with van der Waals surface area (Å²) in [5.74, 6) is 0. The molecule has 1 N–H and O–H groups in total. The molecular weight excluding hydrogens is 360 g/mol. The van der Waals surface area contributed by atoms with Crippen molar-refractivity contribution in [2.45, 2.75) is 6.29 Å². The Kier molecular flexibility index (Phi) is 4.23. The van der Waals surface area contributed by atoms with Crippen molar-refractivity contribution in [2.24, 2.45) is 0 Å². The predicted molar refractivity (Wildman–Crippen MR) is 97.1 cm³/mol. The van der Waals surface area contributed by atoms with Crippen LogP contribution in [0.25, 0.3) is 0 Å². The zero-order valence-corrected chi connectivity index (χ0v) is 14.2. The van der Waals surface area contributed by atoms with E-state index in [4.69, 9.17) is 0 Å². The third-order valence-electron chi connectivity index (χ3n) is 4.33. The molecule has 0 bridgehead atoms. The summed E-state index contributed by atoms with van der Waals surface area (Å²) in [4.78, 5) is 34.7. The van der Waals surface area contributed by atoms with Gasteiger partial charge in [-0.1, -0.05) is 12.1 Å². The number of nitro benzene ring substituents is 3. The molecule has 1 aliphatic heterocycles. The molecule has 0 fully saturated rings. The monoisotopic (exact) mass is 374 g/mol. The molecule has 0 aromatic heterocycles. The maximum atomic E-state index is 11.4. The van der Waals surface area contributed by atoms with Crippen molar-refractivity contribution in [3.05, 3.63) is 66.7 Å². The third kappa shape index (κ3) is 2.92. The highest BCUT2D eigenvalue weighted by Crippen LogP contribution is 2.42. The van der Waals surface area contributed by atoms with E-state index in [0.717, 1.165) is 11.4 Å². The number of nitrogens with one attached hydrogen (secondary N) is 1. The number of anilines is 3. The highest BCUT2D eigenvalue weighted by Gasteiger charge is 2.37. The summed E-state index contributed by atoms with van der Waals surface area (Å²) in [6.45, 7) is 0. The number of fused-ring (bicyclic) bond motifs is 1. The molecule has 0 radical (unpaired) electrons. The van der Waals surface area contributed by atoms with Crippen LogP contribution in [0.2, 0.25) is 0 Å². The fraction of sp³-hybridized carbons (Fsp3) is 0.200. The van der Waals surface area contributed by atoms with E-state index in [-0.39, 0.29) is 0 Å². The maximum Gasteiger partial charge on any atom is 0.306 e. The Bertz CT molecular complexity index is 900. The van der Waals surface area contributed by atoms with Crippen LogP contribution in [0.4, 0.5) is 34.1 Å². The van der Waals surface area contributed by atoms with E-state index in [9.17, 15) is 30.3 Å². The first-order valence-electron chi connectivity index (χ1n) is 7.65. The normalized spacial score (nSPS) is 13.4. The first kappa shape index (κ1) is 17.8. The van der Waals surface area contributed by atoms with Crippen molar-refractivity contribution in [3.63, 3.8) is 0 Å². The predicted octanol–water partition coefficient (Wildman–Crippen LogP) is 2.69. The summed E-state index contributed by atoms with van der Waals surface area (Å²) < 4.78 is 0. The van der Waals surface area contributed by atoms with Gasteiger partial charge >= 0.3 is 11.4 Å². The summed E-state index contributed by atoms with van der Waals surface area (Å²) in [7, 11) is 3.45. The van der Waals surface area contributed by atoms with Gasteiger partial charge in [0.25, 0.3) is 5.69 Å². The second kappa shape index (κ2) is 6.40. The molecule has 2 aromatic rings. The van der Waals surface area contributed by atoms with Gasteiger partial charge in [0.1, 0.15) is 0 Å². The Morgan fingerprint density at radius 1 is 0.852 bits per heavy atom. The van der Waals surface area contributed by atoms with Crippen LogP contribution in [0.5, 0.6) is 0 Å². The fourth-order valence-corrected chi connectivity index (χ4v) is 3.05. The highest BCUT2D eigenvalue weighted by molar-refractivity contribution is 5.82. The van der Waals surface area contributed by atoms with Gasteiger partial charge in [0, 0.05) is 14.1 Å². The van der Waals surface area contributed by atoms with Crippen LogP contribution in [0.3, 0.4) is 0 Å². The van der Waals surface area contributed by atoms with Gasteiger partial charge in [-0.2, -0.15) is 0 Å². The average molecular weight is 374 g/mol. The van der Waals surface area contributed by atoms with E-state index >= 15 is 0 Å². The molecule has 0 saturated carbocycles. The zero-order chi connectivity index (χ0) is 19.9. The van der Waals surface area contributed by atoms with Crippen LogP contribution in [-0.4, -0.2) is 35.2 Å². The van der Waals surface area contributed by atoms with Gasteiger partial charge in [-0.05, 0) is 12.1 Å². The summed E-state index contributed by atoms with van der Waals surface area (Å²) in [5, 5.41) is 36.6. The minimum atomic E-state index is -0.909. The molecule has 0 spiro atoms. The molecule has 0 aliphatic carbocycles. The van der Waals surface area contributed by atoms with Crippen molar-refractivity contribution in [1.29, 1.82) is 0 Å². The molecule has 2 aromatic carbocycles. The van der Waals surface area contributed by atoms with Gasteiger partial charge in [-0.15, -0.1) is 0 Å². The van der Waals surface area contributed by atoms with Gasteiger partial charge in [-0.25, -0.2) is 0 Å². The molecule has 140 valence electrons. The minimum absolute atomic E-state index is 0.396. The number of nitrogens with zero attached hydrogens (tertiary/aromatic N) is 5. The number of para-hydroxylation sites is 2. The van der Waals surface area contributed by atoms with Crippen molar-refractivity contribution in [1.82, 2.24) is 0 Å². The number of benzene rings is 2. The molecule has 0 amide bonds. The molecule has 1 aliphatic rings. The Morgan fingerprint density at radius 3 is 1.67 bits per heavy atom. The lowest BCUT2D eigenvalue weighted by molar-refractivity contribution is -0.401. The van der Waals surface area contributed by atoms with Crippen molar-refractivity contribution in [3.8, 4) is 0 Å². The standard InChI is InChI=1S/C15H14N6O6/c1-17-10-5-3-4-6-11(10)18(2)15(17)16-14-12(20(24)25)7-9(19(22)23)8-13(14)21(26)27/h3-8,15-16H,1-2H3. The first-order chi connectivity index (χ1) is 12.7. The number of hydrogen-bond acceptors (Lipinski definition) is 9. The lowest BCUT2D eigenvalue weighted by Gasteiger charge is -2.29. The van der Waals surface area contributed by atoms with Gasteiger partial charge in [0.05, 0.1) is 38.3 Å². The van der Waals surface area contributed by atoms with E-state index in [1.54, 1.807) is 23.9 Å². The van der Waals surface area contributed by atoms with Crippen LogP contribution in [-0.2, 0) is 0 Å². The lowest BCUT2D eigenvalue weighted by Crippen LogP contribution is -2.45. The number of non-ortho nitro benzene ring substituents is 1. The number of rotatable bonds is 5. The first-order valence-corrected chi connectivity index (χ1v) is 7.65. The van der Waals surface area contributed by atoms with Gasteiger partial charge in [0.2, 0.25) is 0 Å². The molecule has 1 heterocycles. The van der Waals surface area contributed by atoms with Gasteiger partial charge in [0.15, 0.2) is 12.0 Å².